The van der Waals surface area contributed by atoms with Crippen molar-refractivity contribution in [1.29, 1.82) is 5.26 Å². The molecule has 0 aromatic heterocycles. The summed E-state index contributed by atoms with van der Waals surface area (Å²) >= 11 is 0. The molecule has 0 bridgehead atoms. The van der Waals surface area contributed by atoms with Crippen LogP contribution >= 0.6 is 0 Å². The van der Waals surface area contributed by atoms with Gasteiger partial charge in [0.2, 0.25) is 0 Å². The van der Waals surface area contributed by atoms with Crippen molar-refractivity contribution in [3.63, 3.8) is 0 Å². The van der Waals surface area contributed by atoms with Crippen molar-refractivity contribution in [2.24, 2.45) is 5.73 Å². The van der Waals surface area contributed by atoms with Crippen LogP contribution < -0.4 is 5.73 Å². The molecule has 0 saturated heterocycles. The van der Waals surface area contributed by atoms with Gasteiger partial charge in [-0.1, -0.05) is 30.3 Å². The first-order chi connectivity index (χ1) is 9.61. The monoisotopic (exact) mass is 268 g/mol. The number of hydrogen-bond acceptors (Lipinski definition) is 2. The SMILES string of the molecule is CC(N)C(Cc1ccc(F)cc1)c1ccccc1C#N. The fourth-order valence-electron chi connectivity index (χ4n) is 2.38. The highest BCUT2D eigenvalue weighted by atomic mass is 19.1. The average molecular weight is 268 g/mol. The van der Waals surface area contributed by atoms with Crippen molar-refractivity contribution < 1.29 is 4.39 Å². The van der Waals surface area contributed by atoms with Crippen LogP contribution in [0.4, 0.5) is 4.39 Å². The Morgan fingerprint density at radius 1 is 1.15 bits per heavy atom. The fourth-order valence-corrected chi connectivity index (χ4v) is 2.38. The quantitative estimate of drug-likeness (QED) is 0.924. The Morgan fingerprint density at radius 2 is 1.80 bits per heavy atom. The van der Waals surface area contributed by atoms with Gasteiger partial charge in [-0.15, -0.1) is 0 Å². The highest BCUT2D eigenvalue weighted by Gasteiger charge is 2.19. The van der Waals surface area contributed by atoms with Crippen molar-refractivity contribution >= 4 is 0 Å². The van der Waals surface area contributed by atoms with E-state index in [1.165, 1.54) is 12.1 Å². The van der Waals surface area contributed by atoms with E-state index in [1.807, 2.05) is 25.1 Å². The number of rotatable bonds is 4. The van der Waals surface area contributed by atoms with Gasteiger partial charge in [-0.3, -0.25) is 0 Å². The topological polar surface area (TPSA) is 49.8 Å². The first-order valence-corrected chi connectivity index (χ1v) is 6.61. The van der Waals surface area contributed by atoms with Gasteiger partial charge in [0.05, 0.1) is 11.6 Å². The molecular weight excluding hydrogens is 251 g/mol. The normalized spacial score (nSPS) is 13.5. The lowest BCUT2D eigenvalue weighted by molar-refractivity contribution is 0.563. The second-order valence-electron chi connectivity index (χ2n) is 5.00. The fraction of sp³-hybridized carbons (Fsp3) is 0.235. The third-order valence-corrected chi connectivity index (χ3v) is 3.48. The van der Waals surface area contributed by atoms with Crippen LogP contribution in [-0.2, 0) is 6.42 Å². The van der Waals surface area contributed by atoms with E-state index in [-0.39, 0.29) is 17.8 Å². The Kier molecular flexibility index (Phi) is 4.49. The molecule has 2 atom stereocenters. The molecule has 0 aliphatic carbocycles. The molecule has 20 heavy (non-hydrogen) atoms. The highest BCUT2D eigenvalue weighted by Crippen LogP contribution is 2.26. The lowest BCUT2D eigenvalue weighted by Gasteiger charge is -2.22. The molecule has 2 rings (SSSR count). The average Bonchev–Trinajstić information content (AvgIpc) is 2.46. The zero-order chi connectivity index (χ0) is 14.5. The lowest BCUT2D eigenvalue weighted by Crippen LogP contribution is -2.27. The molecule has 0 heterocycles. The number of halogens is 1. The van der Waals surface area contributed by atoms with Crippen LogP contribution in [0, 0.1) is 17.1 Å². The zero-order valence-corrected chi connectivity index (χ0v) is 11.4. The molecule has 0 amide bonds. The van der Waals surface area contributed by atoms with Crippen LogP contribution in [0.1, 0.15) is 29.5 Å². The van der Waals surface area contributed by atoms with Gasteiger partial charge in [0, 0.05) is 12.0 Å². The van der Waals surface area contributed by atoms with Crippen molar-refractivity contribution in [2.75, 3.05) is 0 Å². The van der Waals surface area contributed by atoms with Crippen LogP contribution in [0.3, 0.4) is 0 Å². The third-order valence-electron chi connectivity index (χ3n) is 3.48. The lowest BCUT2D eigenvalue weighted by atomic mass is 9.84. The molecule has 0 spiro atoms. The summed E-state index contributed by atoms with van der Waals surface area (Å²) in [5, 5.41) is 9.21. The van der Waals surface area contributed by atoms with E-state index in [4.69, 9.17) is 5.73 Å². The van der Waals surface area contributed by atoms with Gasteiger partial charge in [-0.05, 0) is 42.7 Å². The summed E-state index contributed by atoms with van der Waals surface area (Å²) < 4.78 is 13.0. The summed E-state index contributed by atoms with van der Waals surface area (Å²) in [4.78, 5) is 0. The molecule has 0 fully saturated rings. The van der Waals surface area contributed by atoms with Crippen LogP contribution in [0.15, 0.2) is 48.5 Å². The number of nitriles is 1. The van der Waals surface area contributed by atoms with Crippen LogP contribution in [0.2, 0.25) is 0 Å². The maximum Gasteiger partial charge on any atom is 0.123 e. The van der Waals surface area contributed by atoms with E-state index in [2.05, 4.69) is 6.07 Å². The second-order valence-corrected chi connectivity index (χ2v) is 5.00. The smallest absolute Gasteiger partial charge is 0.123 e. The first-order valence-electron chi connectivity index (χ1n) is 6.61. The number of hydrogen-bond donors (Lipinski definition) is 1. The van der Waals surface area contributed by atoms with Gasteiger partial charge in [-0.2, -0.15) is 5.26 Å². The molecule has 3 heteroatoms. The Hall–Kier alpha value is -2.18. The summed E-state index contributed by atoms with van der Waals surface area (Å²) in [5.41, 5.74) is 8.70. The molecule has 0 aliphatic rings. The number of nitrogens with two attached hydrogens (primary N) is 1. The molecule has 0 saturated carbocycles. The summed E-state index contributed by atoms with van der Waals surface area (Å²) in [6.45, 7) is 1.93. The molecule has 2 unspecified atom stereocenters. The molecule has 2 aromatic carbocycles. The molecule has 2 N–H and O–H groups in total. The number of nitrogens with zero attached hydrogens (tertiary/aromatic N) is 1. The molecular formula is C17H17FN2. The number of benzene rings is 2. The zero-order valence-electron chi connectivity index (χ0n) is 11.4. The van der Waals surface area contributed by atoms with Crippen LogP contribution in [0.25, 0.3) is 0 Å². The van der Waals surface area contributed by atoms with Gasteiger partial charge < -0.3 is 5.73 Å². The van der Waals surface area contributed by atoms with Gasteiger partial charge in [0.25, 0.3) is 0 Å². The first kappa shape index (κ1) is 14.2. The molecule has 2 nitrogen and oxygen atoms in total. The predicted molar refractivity (Wildman–Crippen MR) is 77.7 cm³/mol. The summed E-state index contributed by atoms with van der Waals surface area (Å²) in [7, 11) is 0. The Balaban J connectivity index is 2.32. The Labute approximate surface area is 118 Å². The van der Waals surface area contributed by atoms with Crippen molar-refractivity contribution in [3.05, 3.63) is 71.0 Å². The third kappa shape index (κ3) is 3.23. The van der Waals surface area contributed by atoms with Gasteiger partial charge in [0.1, 0.15) is 5.82 Å². The maximum absolute atomic E-state index is 13.0. The van der Waals surface area contributed by atoms with Crippen LogP contribution in [-0.4, -0.2) is 6.04 Å². The second kappa shape index (κ2) is 6.31. The van der Waals surface area contributed by atoms with E-state index in [0.717, 1.165) is 11.1 Å². The molecule has 0 aliphatic heterocycles. The molecule has 2 aromatic rings. The van der Waals surface area contributed by atoms with E-state index in [1.54, 1.807) is 18.2 Å². The highest BCUT2D eigenvalue weighted by molar-refractivity contribution is 5.41. The minimum Gasteiger partial charge on any atom is -0.327 e. The summed E-state index contributed by atoms with van der Waals surface area (Å²) in [6, 6.07) is 16.0. The predicted octanol–water partition coefficient (Wildman–Crippen LogP) is 3.37. The van der Waals surface area contributed by atoms with Crippen LogP contribution in [0.5, 0.6) is 0 Å². The maximum atomic E-state index is 13.0. The summed E-state index contributed by atoms with van der Waals surface area (Å²) in [6.07, 6.45) is 0.691. The minimum absolute atomic E-state index is 0.0383. The summed E-state index contributed by atoms with van der Waals surface area (Å²) in [5.74, 6) is -0.208. The van der Waals surface area contributed by atoms with E-state index >= 15 is 0 Å². The van der Waals surface area contributed by atoms with E-state index < -0.39 is 0 Å². The van der Waals surface area contributed by atoms with Crippen molar-refractivity contribution in [3.8, 4) is 6.07 Å². The van der Waals surface area contributed by atoms with E-state index in [9.17, 15) is 9.65 Å². The Morgan fingerprint density at radius 3 is 2.40 bits per heavy atom. The molecule has 0 radical (unpaired) electrons. The van der Waals surface area contributed by atoms with Crippen molar-refractivity contribution in [1.82, 2.24) is 0 Å². The molecule has 102 valence electrons. The largest absolute Gasteiger partial charge is 0.327 e. The van der Waals surface area contributed by atoms with E-state index in [0.29, 0.717) is 12.0 Å². The van der Waals surface area contributed by atoms with Gasteiger partial charge in [-0.25, -0.2) is 4.39 Å². The van der Waals surface area contributed by atoms with Gasteiger partial charge >= 0.3 is 0 Å². The van der Waals surface area contributed by atoms with Gasteiger partial charge in [0.15, 0.2) is 0 Å². The Bertz CT molecular complexity index is 612. The minimum atomic E-state index is -0.247. The standard InChI is InChI=1S/C17H17FN2/c1-12(20)17(10-13-6-8-15(18)9-7-13)16-5-3-2-4-14(16)11-19/h2-9,12,17H,10,20H2,1H3. The van der Waals surface area contributed by atoms with Crippen molar-refractivity contribution in [2.45, 2.75) is 25.3 Å².